The predicted molar refractivity (Wildman–Crippen MR) is 140 cm³/mol. The van der Waals surface area contributed by atoms with Gasteiger partial charge in [-0.25, -0.2) is 4.99 Å². The fourth-order valence-corrected chi connectivity index (χ4v) is 3.93. The molecule has 0 saturated heterocycles. The molecule has 1 heterocycles. The molecule has 0 bridgehead atoms. The molecule has 5 nitrogen and oxygen atoms in total. The van der Waals surface area contributed by atoms with Crippen LogP contribution in [0, 0.1) is 6.92 Å². The number of hydrazone groups is 1. The van der Waals surface area contributed by atoms with Gasteiger partial charge in [0.25, 0.3) is 0 Å². The molecule has 0 aliphatic carbocycles. The number of benzene rings is 3. The average Bonchev–Trinajstić information content (AvgIpc) is 2.99. The van der Waals surface area contributed by atoms with E-state index in [0.29, 0.717) is 19.0 Å². The van der Waals surface area contributed by atoms with Crippen LogP contribution in [0.5, 0.6) is 11.5 Å². The number of amidine groups is 1. The molecule has 4 rings (SSSR count). The molecule has 0 saturated carbocycles. The fraction of sp³-hybridized carbons (Fsp3) is 0.310. The highest BCUT2D eigenvalue weighted by atomic mass is 16.5. The Bertz CT molecular complexity index is 1240. The van der Waals surface area contributed by atoms with Gasteiger partial charge in [-0.15, -0.1) is 0 Å². The molecule has 3 aromatic rings. The van der Waals surface area contributed by atoms with Crippen LogP contribution >= 0.6 is 0 Å². The topological polar surface area (TPSA) is 55.2 Å². The van der Waals surface area contributed by atoms with Crippen LogP contribution < -0.4 is 14.9 Å². The van der Waals surface area contributed by atoms with Crippen molar-refractivity contribution in [1.29, 1.82) is 0 Å². The number of ether oxygens (including phenoxy) is 2. The van der Waals surface area contributed by atoms with Crippen LogP contribution in [0.4, 0.5) is 5.69 Å². The normalized spacial score (nSPS) is 13.2. The largest absolute Gasteiger partial charge is 0.490 e. The molecule has 0 atom stereocenters. The lowest BCUT2D eigenvalue weighted by molar-refractivity contribution is 0.287. The molecule has 0 fully saturated rings. The number of fused-ring (bicyclic) bond motifs is 1. The van der Waals surface area contributed by atoms with E-state index >= 15 is 0 Å². The van der Waals surface area contributed by atoms with Crippen LogP contribution in [-0.4, -0.2) is 24.8 Å². The Morgan fingerprint density at radius 1 is 0.794 bits per heavy atom. The van der Waals surface area contributed by atoms with Gasteiger partial charge in [0, 0.05) is 16.7 Å². The van der Waals surface area contributed by atoms with E-state index in [-0.39, 0.29) is 5.41 Å². The zero-order valence-corrected chi connectivity index (χ0v) is 20.9. The second-order valence-electron chi connectivity index (χ2n) is 9.41. The molecule has 1 N–H and O–H groups in total. The number of hydrogen-bond donors (Lipinski definition) is 1. The highest BCUT2D eigenvalue weighted by Gasteiger charge is 2.20. The van der Waals surface area contributed by atoms with E-state index in [1.54, 1.807) is 0 Å². The van der Waals surface area contributed by atoms with Gasteiger partial charge >= 0.3 is 0 Å². The number of nitrogens with one attached hydrogen (secondary N) is 1. The van der Waals surface area contributed by atoms with Crippen molar-refractivity contribution >= 4 is 17.2 Å². The Kier molecular flexibility index (Phi) is 6.73. The van der Waals surface area contributed by atoms with Gasteiger partial charge in [-0.05, 0) is 62.1 Å². The molecule has 5 heteroatoms. The van der Waals surface area contributed by atoms with Gasteiger partial charge in [-0.1, -0.05) is 56.7 Å². The maximum Gasteiger partial charge on any atom is 0.161 e. The lowest BCUT2D eigenvalue weighted by Crippen LogP contribution is -2.20. The number of aliphatic imine (C=N–C) groups is 1. The predicted octanol–water partition coefficient (Wildman–Crippen LogP) is 6.52. The minimum absolute atomic E-state index is 0.0958. The molecule has 176 valence electrons. The molecule has 0 spiro atoms. The van der Waals surface area contributed by atoms with E-state index < -0.39 is 0 Å². The van der Waals surface area contributed by atoms with E-state index in [2.05, 4.69) is 75.6 Å². The van der Waals surface area contributed by atoms with Crippen molar-refractivity contribution in [2.75, 3.05) is 13.2 Å². The van der Waals surface area contributed by atoms with Crippen LogP contribution in [-0.2, 0) is 5.41 Å². The zero-order chi connectivity index (χ0) is 24.3. The van der Waals surface area contributed by atoms with Gasteiger partial charge in [0.2, 0.25) is 0 Å². The Balaban J connectivity index is 1.78. The molecule has 0 aromatic heterocycles. The van der Waals surface area contributed by atoms with Crippen molar-refractivity contribution in [1.82, 2.24) is 5.43 Å². The first-order chi connectivity index (χ1) is 16.3. The number of hydrogen-bond acceptors (Lipinski definition) is 5. The lowest BCUT2D eigenvalue weighted by atomic mass is 9.86. The summed E-state index contributed by atoms with van der Waals surface area (Å²) in [6, 6.07) is 20.7. The number of aryl methyl sites for hydroxylation is 1. The third kappa shape index (κ3) is 4.98. The summed E-state index contributed by atoms with van der Waals surface area (Å²) in [5.41, 5.74) is 10.3. The van der Waals surface area contributed by atoms with Crippen molar-refractivity contribution in [3.05, 3.63) is 88.5 Å². The first-order valence-electron chi connectivity index (χ1n) is 11.8. The van der Waals surface area contributed by atoms with Gasteiger partial charge in [-0.2, -0.15) is 5.10 Å². The van der Waals surface area contributed by atoms with Crippen molar-refractivity contribution in [3.8, 4) is 11.5 Å². The first-order valence-corrected chi connectivity index (χ1v) is 11.8. The van der Waals surface area contributed by atoms with Gasteiger partial charge in [0.1, 0.15) is 5.71 Å². The van der Waals surface area contributed by atoms with Crippen LogP contribution in [0.2, 0.25) is 0 Å². The lowest BCUT2D eigenvalue weighted by Gasteiger charge is -2.19. The quantitative estimate of drug-likeness (QED) is 0.460. The minimum atomic E-state index is 0.0958. The first kappa shape index (κ1) is 23.6. The standard InChI is InChI=1S/C29H33N3O2/c1-7-33-25-16-12-21(18-26(25)34-8-2)27-23-17-19(3)9-15-24(23)30-28(32-31-27)20-10-13-22(14-11-20)29(4,5)6/h9-18H,7-8H2,1-6H3,(H,30,32). The molecule has 1 aliphatic rings. The van der Waals surface area contributed by atoms with Crippen molar-refractivity contribution in [3.63, 3.8) is 0 Å². The third-order valence-corrected chi connectivity index (χ3v) is 5.75. The van der Waals surface area contributed by atoms with E-state index in [4.69, 9.17) is 19.6 Å². The molecule has 3 aromatic carbocycles. The summed E-state index contributed by atoms with van der Waals surface area (Å²) in [6.45, 7) is 13.8. The number of nitrogens with zero attached hydrogens (tertiary/aromatic N) is 2. The monoisotopic (exact) mass is 455 g/mol. The summed E-state index contributed by atoms with van der Waals surface area (Å²) in [7, 11) is 0. The summed E-state index contributed by atoms with van der Waals surface area (Å²) in [4.78, 5) is 4.96. The van der Waals surface area contributed by atoms with Crippen molar-refractivity contribution < 1.29 is 9.47 Å². The molecular weight excluding hydrogens is 422 g/mol. The maximum absolute atomic E-state index is 5.86. The Labute approximate surface area is 202 Å². The van der Waals surface area contributed by atoms with Gasteiger partial charge in [-0.3, -0.25) is 5.43 Å². The number of rotatable bonds is 6. The SMILES string of the molecule is CCOc1ccc(C2=NNC(c3ccc(C(C)(C)C)cc3)=Nc3ccc(C)cc32)cc1OCC. The molecule has 1 aliphatic heterocycles. The summed E-state index contributed by atoms with van der Waals surface area (Å²) in [6.07, 6.45) is 0. The Morgan fingerprint density at radius 2 is 1.47 bits per heavy atom. The highest BCUT2D eigenvalue weighted by molar-refractivity contribution is 6.18. The van der Waals surface area contributed by atoms with E-state index in [1.807, 2.05) is 32.0 Å². The summed E-state index contributed by atoms with van der Waals surface area (Å²) in [5, 5.41) is 4.82. The summed E-state index contributed by atoms with van der Waals surface area (Å²) < 4.78 is 11.6. The zero-order valence-electron chi connectivity index (χ0n) is 20.9. The second kappa shape index (κ2) is 9.72. The molecule has 34 heavy (non-hydrogen) atoms. The molecule has 0 radical (unpaired) electrons. The Morgan fingerprint density at radius 3 is 2.15 bits per heavy atom. The summed E-state index contributed by atoms with van der Waals surface area (Å²) in [5.74, 6) is 2.16. The smallest absolute Gasteiger partial charge is 0.161 e. The van der Waals surface area contributed by atoms with Crippen LogP contribution in [0.1, 0.15) is 62.4 Å². The van der Waals surface area contributed by atoms with Gasteiger partial charge in [0.15, 0.2) is 17.3 Å². The van der Waals surface area contributed by atoms with Crippen LogP contribution in [0.3, 0.4) is 0 Å². The molecule has 0 amide bonds. The van der Waals surface area contributed by atoms with Crippen LogP contribution in [0.15, 0.2) is 70.8 Å². The second-order valence-corrected chi connectivity index (χ2v) is 9.41. The summed E-state index contributed by atoms with van der Waals surface area (Å²) >= 11 is 0. The van der Waals surface area contributed by atoms with Crippen LogP contribution in [0.25, 0.3) is 0 Å². The van der Waals surface area contributed by atoms with Gasteiger partial charge < -0.3 is 9.47 Å². The van der Waals surface area contributed by atoms with Crippen molar-refractivity contribution in [2.45, 2.75) is 47.0 Å². The highest BCUT2D eigenvalue weighted by Crippen LogP contribution is 2.32. The Hall–Kier alpha value is -3.60. The van der Waals surface area contributed by atoms with E-state index in [0.717, 1.165) is 45.2 Å². The fourth-order valence-electron chi connectivity index (χ4n) is 3.93. The van der Waals surface area contributed by atoms with Crippen molar-refractivity contribution in [2.24, 2.45) is 10.1 Å². The molecular formula is C29H33N3O2. The average molecular weight is 456 g/mol. The van der Waals surface area contributed by atoms with Gasteiger partial charge in [0.05, 0.1) is 18.9 Å². The van der Waals surface area contributed by atoms with E-state index in [9.17, 15) is 0 Å². The minimum Gasteiger partial charge on any atom is -0.490 e. The third-order valence-electron chi connectivity index (χ3n) is 5.75. The maximum atomic E-state index is 5.86. The van der Waals surface area contributed by atoms with E-state index in [1.165, 1.54) is 5.56 Å². The molecule has 0 unspecified atom stereocenters.